The van der Waals surface area contributed by atoms with Crippen LogP contribution in [0.5, 0.6) is 0 Å². The van der Waals surface area contributed by atoms with Crippen molar-refractivity contribution in [2.75, 3.05) is 9.80 Å². The van der Waals surface area contributed by atoms with Gasteiger partial charge in [0.25, 0.3) is 0 Å². The first-order valence-electron chi connectivity index (χ1n) is 38.0. The van der Waals surface area contributed by atoms with Crippen molar-refractivity contribution >= 4 is 121 Å². The molecule has 4 heterocycles. The Morgan fingerprint density at radius 1 is 0.211 bits per heavy atom. The largest absolute Gasteiger partial charge is 0.310 e. The van der Waals surface area contributed by atoms with Gasteiger partial charge in [-0.25, -0.2) is 0 Å². The smallest absolute Gasteiger partial charge is 0.0562 e. The number of para-hydroxylation sites is 7. The summed E-state index contributed by atoms with van der Waals surface area (Å²) in [7, 11) is 0. The van der Waals surface area contributed by atoms with E-state index in [0.29, 0.717) is 0 Å². The van der Waals surface area contributed by atoms with Gasteiger partial charge < -0.3 is 28.1 Å². The van der Waals surface area contributed by atoms with E-state index in [4.69, 9.17) is 0 Å². The molecular formula is C103H76N6. The molecule has 20 aromatic rings. The molecule has 22 rings (SSSR count). The van der Waals surface area contributed by atoms with Crippen LogP contribution in [0.1, 0.15) is 55.5 Å². The molecule has 0 spiro atoms. The van der Waals surface area contributed by atoms with Gasteiger partial charge >= 0.3 is 0 Å². The molecule has 518 valence electrons. The third-order valence-electron chi connectivity index (χ3n) is 23.7. The summed E-state index contributed by atoms with van der Waals surface area (Å²) in [6, 6.07) is 136. The van der Waals surface area contributed by atoms with Gasteiger partial charge in [-0.15, -0.1) is 0 Å². The van der Waals surface area contributed by atoms with Crippen LogP contribution in [0.25, 0.3) is 132 Å². The van der Waals surface area contributed by atoms with Gasteiger partial charge in [-0.05, 0) is 209 Å². The molecule has 0 radical (unpaired) electrons. The first-order chi connectivity index (χ1) is 53.5. The van der Waals surface area contributed by atoms with Crippen molar-refractivity contribution in [3.63, 3.8) is 0 Å². The molecule has 4 aromatic heterocycles. The van der Waals surface area contributed by atoms with Gasteiger partial charge in [-0.3, -0.25) is 0 Å². The Hall–Kier alpha value is -13.7. The van der Waals surface area contributed by atoms with Crippen molar-refractivity contribution in [2.24, 2.45) is 0 Å². The van der Waals surface area contributed by atoms with Gasteiger partial charge in [-0.1, -0.05) is 246 Å². The molecule has 0 saturated heterocycles. The Labute approximate surface area is 633 Å². The summed E-state index contributed by atoms with van der Waals surface area (Å²) in [6.45, 7) is 11.6. The number of anilines is 6. The second kappa shape index (κ2) is 24.7. The molecule has 0 bridgehead atoms. The second-order valence-corrected chi connectivity index (χ2v) is 30.5. The molecule has 0 atom stereocenters. The molecule has 6 nitrogen and oxygen atoms in total. The summed E-state index contributed by atoms with van der Waals surface area (Å²) in [5.74, 6) is 0. The summed E-state index contributed by atoms with van der Waals surface area (Å²) in [4.78, 5) is 4.84. The summed E-state index contributed by atoms with van der Waals surface area (Å²) >= 11 is 0. The van der Waals surface area contributed by atoms with Crippen LogP contribution in [0.3, 0.4) is 0 Å². The monoisotopic (exact) mass is 1400 g/mol. The Kier molecular flexibility index (Phi) is 14.5. The number of aryl methyl sites for hydroxylation is 1. The molecular weight excluding hydrogens is 1320 g/mol. The molecule has 0 saturated carbocycles. The molecule has 6 heteroatoms. The van der Waals surface area contributed by atoms with Crippen molar-refractivity contribution in [2.45, 2.75) is 45.4 Å². The van der Waals surface area contributed by atoms with Crippen LogP contribution in [0, 0.1) is 6.92 Å². The number of aromatic nitrogens is 4. The van der Waals surface area contributed by atoms with E-state index in [2.05, 4.69) is 433 Å². The summed E-state index contributed by atoms with van der Waals surface area (Å²) < 4.78 is 9.69. The van der Waals surface area contributed by atoms with E-state index in [9.17, 15) is 0 Å². The maximum atomic E-state index is 2.46. The number of hydrogen-bond acceptors (Lipinski definition) is 2. The fourth-order valence-electron chi connectivity index (χ4n) is 18.6. The number of nitrogens with zero attached hydrogens (tertiary/aromatic N) is 6. The van der Waals surface area contributed by atoms with E-state index in [-0.39, 0.29) is 10.8 Å². The Morgan fingerprint density at radius 3 is 0.872 bits per heavy atom. The summed E-state index contributed by atoms with van der Waals surface area (Å²) in [5, 5.41) is 9.99. The van der Waals surface area contributed by atoms with Gasteiger partial charge in [0.15, 0.2) is 0 Å². The van der Waals surface area contributed by atoms with Crippen molar-refractivity contribution in [3.05, 3.63) is 398 Å². The van der Waals surface area contributed by atoms with Crippen LogP contribution in [0.2, 0.25) is 0 Å². The Balaban J connectivity index is 0.000000139. The maximum absolute atomic E-state index is 2.46. The van der Waals surface area contributed by atoms with Crippen molar-refractivity contribution in [1.29, 1.82) is 0 Å². The standard InChI is InChI=1S/C52H39N3.C51H37N3/c1-34-23-25-35(26-24-34)53(36-27-29-37(30-28-36)54-46-18-9-5-14-41(46)42-15-6-10-19-47(42)54)49-21-12-22-50-51(49)43-16-7-11-20-48(43)55(50)38-31-32-40-39-13-4-8-17-44(39)52(2,3)45(40)33-38;1-51(2)43-21-10-6-17-38(43)39-32-31-37(33-44(39)51)54-47-24-13-9-20-42(47)50-48(25-14-26-49(50)54)52(34-15-4-3-5-16-34)35-27-29-36(30-28-35)53-45-22-11-7-18-40(45)41-19-8-12-23-46(41)53/h4-33H,1-3H3;3-33H,1-2H3. The third kappa shape index (κ3) is 9.81. The molecule has 0 aliphatic heterocycles. The van der Waals surface area contributed by atoms with Gasteiger partial charge in [0.05, 0.1) is 55.5 Å². The van der Waals surface area contributed by atoms with Gasteiger partial charge in [-0.2, -0.15) is 0 Å². The first-order valence-corrected chi connectivity index (χ1v) is 38.0. The highest BCUT2D eigenvalue weighted by Gasteiger charge is 2.38. The van der Waals surface area contributed by atoms with Crippen LogP contribution in [0.4, 0.5) is 34.1 Å². The summed E-state index contributed by atoms with van der Waals surface area (Å²) in [6.07, 6.45) is 0. The molecule has 16 aromatic carbocycles. The fourth-order valence-corrected chi connectivity index (χ4v) is 18.6. The highest BCUT2D eigenvalue weighted by molar-refractivity contribution is 6.19. The van der Waals surface area contributed by atoms with Crippen molar-refractivity contribution < 1.29 is 0 Å². The van der Waals surface area contributed by atoms with E-state index >= 15 is 0 Å². The van der Waals surface area contributed by atoms with E-state index in [1.165, 1.54) is 149 Å². The Bertz CT molecular complexity index is 6930. The molecule has 109 heavy (non-hydrogen) atoms. The minimum atomic E-state index is -0.0838. The van der Waals surface area contributed by atoms with E-state index < -0.39 is 0 Å². The fraction of sp³-hybridized carbons (Fsp3) is 0.0680. The average molecular weight is 1400 g/mol. The zero-order valence-electron chi connectivity index (χ0n) is 61.4. The topological polar surface area (TPSA) is 26.2 Å². The predicted molar refractivity (Wildman–Crippen MR) is 459 cm³/mol. The third-order valence-corrected chi connectivity index (χ3v) is 23.7. The van der Waals surface area contributed by atoms with Gasteiger partial charge in [0.2, 0.25) is 0 Å². The van der Waals surface area contributed by atoms with Crippen LogP contribution >= 0.6 is 0 Å². The zero-order valence-corrected chi connectivity index (χ0v) is 61.4. The molecule has 0 N–H and O–H groups in total. The van der Waals surface area contributed by atoms with E-state index in [1.54, 1.807) is 0 Å². The molecule has 2 aliphatic rings. The van der Waals surface area contributed by atoms with Crippen LogP contribution in [-0.2, 0) is 10.8 Å². The minimum absolute atomic E-state index is 0.0820. The number of fused-ring (bicyclic) bond motifs is 18. The number of benzene rings is 16. The SMILES string of the molecule is CC1(C)c2ccccc2-c2ccc(-n3c4ccccc4c4c(N(c5ccccc5)c5ccc(-n6c7ccccc7c7ccccc76)cc5)cccc43)cc21.Cc1ccc(N(c2ccc(-n3c4ccccc4c4ccccc43)cc2)c2cccc3c2c2ccccc2n3-c2ccc3c(c2)C(C)(C)c2ccccc2-3)cc1. The molecule has 2 aliphatic carbocycles. The minimum Gasteiger partial charge on any atom is -0.310 e. The normalized spacial score (nSPS) is 13.1. The van der Waals surface area contributed by atoms with Crippen LogP contribution in [-0.4, -0.2) is 18.3 Å². The van der Waals surface area contributed by atoms with Crippen molar-refractivity contribution in [3.8, 4) is 45.0 Å². The lowest BCUT2D eigenvalue weighted by Gasteiger charge is -2.27. The lowest BCUT2D eigenvalue weighted by molar-refractivity contribution is 0.660. The second-order valence-electron chi connectivity index (χ2n) is 30.5. The van der Waals surface area contributed by atoms with E-state index in [0.717, 1.165) is 45.5 Å². The molecule has 0 amide bonds. The highest BCUT2D eigenvalue weighted by Crippen LogP contribution is 2.53. The summed E-state index contributed by atoms with van der Waals surface area (Å²) in [5.41, 5.74) is 33.0. The molecule has 0 unspecified atom stereocenters. The van der Waals surface area contributed by atoms with E-state index in [1.807, 2.05) is 0 Å². The van der Waals surface area contributed by atoms with Gasteiger partial charge in [0.1, 0.15) is 0 Å². The van der Waals surface area contributed by atoms with Crippen LogP contribution in [0.15, 0.2) is 370 Å². The highest BCUT2D eigenvalue weighted by atomic mass is 15.2. The maximum Gasteiger partial charge on any atom is 0.0562 e. The predicted octanol–water partition coefficient (Wildman–Crippen LogP) is 27.6. The number of rotatable bonds is 10. The Morgan fingerprint density at radius 2 is 0.486 bits per heavy atom. The van der Waals surface area contributed by atoms with Gasteiger partial charge in [0, 0.05) is 99.4 Å². The average Bonchev–Trinajstić information content (AvgIpc) is 1.58. The lowest BCUT2D eigenvalue weighted by atomic mass is 9.82. The van der Waals surface area contributed by atoms with Crippen molar-refractivity contribution in [1.82, 2.24) is 18.3 Å². The quantitative estimate of drug-likeness (QED) is 0.136. The lowest BCUT2D eigenvalue weighted by Crippen LogP contribution is -2.15. The molecule has 0 fully saturated rings. The number of hydrogen-bond donors (Lipinski definition) is 0. The van der Waals surface area contributed by atoms with Crippen LogP contribution < -0.4 is 9.80 Å². The first kappa shape index (κ1) is 63.8. The zero-order chi connectivity index (χ0) is 72.8.